The Bertz CT molecular complexity index is 395. The molecule has 1 aliphatic heterocycles. The zero-order valence-corrected chi connectivity index (χ0v) is 11.7. The van der Waals surface area contributed by atoms with Gasteiger partial charge in [0, 0.05) is 24.8 Å². The first-order valence-corrected chi connectivity index (χ1v) is 6.90. The SMILES string of the molecule is Cc1nc(C(C)C)cc(N2CCC(CN)CC2)n1. The second kappa shape index (κ2) is 5.65. The number of piperidine rings is 1. The van der Waals surface area contributed by atoms with E-state index in [9.17, 15) is 0 Å². The van der Waals surface area contributed by atoms with Gasteiger partial charge in [0.1, 0.15) is 11.6 Å². The fourth-order valence-corrected chi connectivity index (χ4v) is 2.43. The maximum Gasteiger partial charge on any atom is 0.132 e. The van der Waals surface area contributed by atoms with Gasteiger partial charge in [0.2, 0.25) is 0 Å². The summed E-state index contributed by atoms with van der Waals surface area (Å²) >= 11 is 0. The van der Waals surface area contributed by atoms with Crippen molar-refractivity contribution in [3.05, 3.63) is 17.6 Å². The van der Waals surface area contributed by atoms with E-state index in [0.29, 0.717) is 11.8 Å². The molecule has 4 nitrogen and oxygen atoms in total. The Morgan fingerprint density at radius 1 is 1.33 bits per heavy atom. The van der Waals surface area contributed by atoms with Crippen molar-refractivity contribution in [1.29, 1.82) is 0 Å². The second-order valence-electron chi connectivity index (χ2n) is 5.52. The molecule has 2 heterocycles. The summed E-state index contributed by atoms with van der Waals surface area (Å²) in [6.45, 7) is 9.26. The van der Waals surface area contributed by atoms with E-state index in [1.165, 1.54) is 12.8 Å². The summed E-state index contributed by atoms with van der Waals surface area (Å²) < 4.78 is 0. The molecule has 0 spiro atoms. The minimum absolute atomic E-state index is 0.451. The molecule has 0 saturated carbocycles. The van der Waals surface area contributed by atoms with Crippen molar-refractivity contribution in [3.8, 4) is 0 Å². The van der Waals surface area contributed by atoms with Gasteiger partial charge in [0.05, 0.1) is 0 Å². The Labute approximate surface area is 110 Å². The first-order valence-electron chi connectivity index (χ1n) is 6.90. The largest absolute Gasteiger partial charge is 0.356 e. The Balaban J connectivity index is 2.13. The number of rotatable bonds is 3. The predicted molar refractivity (Wildman–Crippen MR) is 74.8 cm³/mol. The number of anilines is 1. The summed E-state index contributed by atoms with van der Waals surface area (Å²) in [6, 6.07) is 2.14. The molecule has 2 rings (SSSR count). The maximum absolute atomic E-state index is 5.73. The van der Waals surface area contributed by atoms with E-state index in [4.69, 9.17) is 5.73 Å². The van der Waals surface area contributed by atoms with Gasteiger partial charge in [-0.05, 0) is 38.1 Å². The summed E-state index contributed by atoms with van der Waals surface area (Å²) in [5.74, 6) is 3.10. The van der Waals surface area contributed by atoms with Crippen molar-refractivity contribution in [1.82, 2.24) is 9.97 Å². The Kier molecular flexibility index (Phi) is 4.17. The molecule has 0 amide bonds. The minimum atomic E-state index is 0.451. The summed E-state index contributed by atoms with van der Waals surface area (Å²) in [7, 11) is 0. The summed E-state index contributed by atoms with van der Waals surface area (Å²) in [6.07, 6.45) is 2.35. The Hall–Kier alpha value is -1.16. The molecule has 100 valence electrons. The normalized spacial score (nSPS) is 17.5. The van der Waals surface area contributed by atoms with E-state index in [-0.39, 0.29) is 0 Å². The topological polar surface area (TPSA) is 55.0 Å². The van der Waals surface area contributed by atoms with Gasteiger partial charge in [0.25, 0.3) is 0 Å². The fourth-order valence-electron chi connectivity index (χ4n) is 2.43. The highest BCUT2D eigenvalue weighted by Crippen LogP contribution is 2.23. The van der Waals surface area contributed by atoms with Gasteiger partial charge in [-0.3, -0.25) is 0 Å². The molecular formula is C14H24N4. The van der Waals surface area contributed by atoms with Crippen LogP contribution in [0.2, 0.25) is 0 Å². The lowest BCUT2D eigenvalue weighted by atomic mass is 9.97. The van der Waals surface area contributed by atoms with Crippen molar-refractivity contribution in [2.75, 3.05) is 24.5 Å². The van der Waals surface area contributed by atoms with Crippen molar-refractivity contribution in [2.45, 2.75) is 39.5 Å². The van der Waals surface area contributed by atoms with Crippen molar-refractivity contribution >= 4 is 5.82 Å². The Morgan fingerprint density at radius 2 is 2.00 bits per heavy atom. The number of hydrogen-bond donors (Lipinski definition) is 1. The third kappa shape index (κ3) is 2.99. The van der Waals surface area contributed by atoms with E-state index in [1.807, 2.05) is 6.92 Å². The van der Waals surface area contributed by atoms with Crippen molar-refractivity contribution in [2.24, 2.45) is 11.7 Å². The number of aromatic nitrogens is 2. The van der Waals surface area contributed by atoms with Crippen LogP contribution in [0.5, 0.6) is 0 Å². The molecule has 0 atom stereocenters. The van der Waals surface area contributed by atoms with Gasteiger partial charge in [-0.15, -0.1) is 0 Å². The standard InChI is InChI=1S/C14H24N4/c1-10(2)13-8-14(17-11(3)16-13)18-6-4-12(9-15)5-7-18/h8,10,12H,4-7,9,15H2,1-3H3. The first kappa shape index (κ1) is 13.3. The molecule has 0 unspecified atom stereocenters. The zero-order valence-electron chi connectivity index (χ0n) is 11.7. The van der Waals surface area contributed by atoms with Crippen LogP contribution >= 0.6 is 0 Å². The second-order valence-corrected chi connectivity index (χ2v) is 5.52. The minimum Gasteiger partial charge on any atom is -0.356 e. The van der Waals surface area contributed by atoms with E-state index in [0.717, 1.165) is 37.0 Å². The molecular weight excluding hydrogens is 224 g/mol. The van der Waals surface area contributed by atoms with Gasteiger partial charge in [-0.2, -0.15) is 0 Å². The highest BCUT2D eigenvalue weighted by atomic mass is 15.2. The average molecular weight is 248 g/mol. The van der Waals surface area contributed by atoms with Crippen LogP contribution in [0.1, 0.15) is 44.1 Å². The number of nitrogens with two attached hydrogens (primary N) is 1. The van der Waals surface area contributed by atoms with Crippen LogP contribution in [0, 0.1) is 12.8 Å². The predicted octanol–water partition coefficient (Wildman–Crippen LogP) is 2.08. The lowest BCUT2D eigenvalue weighted by Gasteiger charge is -2.32. The molecule has 1 aromatic heterocycles. The van der Waals surface area contributed by atoms with Gasteiger partial charge in [-0.1, -0.05) is 13.8 Å². The highest BCUT2D eigenvalue weighted by molar-refractivity contribution is 5.41. The molecule has 1 aromatic rings. The smallest absolute Gasteiger partial charge is 0.132 e. The third-order valence-electron chi connectivity index (χ3n) is 3.71. The summed E-state index contributed by atoms with van der Waals surface area (Å²) in [5, 5.41) is 0. The molecule has 1 saturated heterocycles. The number of nitrogens with zero attached hydrogens (tertiary/aromatic N) is 3. The lowest BCUT2D eigenvalue weighted by molar-refractivity contribution is 0.412. The summed E-state index contributed by atoms with van der Waals surface area (Å²) in [5.41, 5.74) is 6.87. The molecule has 1 fully saturated rings. The molecule has 0 bridgehead atoms. The Morgan fingerprint density at radius 3 is 2.56 bits per heavy atom. The van der Waals surface area contributed by atoms with Gasteiger partial charge < -0.3 is 10.6 Å². The molecule has 0 radical (unpaired) electrons. The van der Waals surface area contributed by atoms with Crippen LogP contribution in [-0.4, -0.2) is 29.6 Å². The first-order chi connectivity index (χ1) is 8.60. The van der Waals surface area contributed by atoms with E-state index in [2.05, 4.69) is 34.8 Å². The lowest BCUT2D eigenvalue weighted by Crippen LogP contribution is -2.36. The molecule has 0 aliphatic carbocycles. The maximum atomic E-state index is 5.73. The molecule has 0 aromatic carbocycles. The molecule has 2 N–H and O–H groups in total. The molecule has 1 aliphatic rings. The van der Waals surface area contributed by atoms with Gasteiger partial charge >= 0.3 is 0 Å². The van der Waals surface area contributed by atoms with E-state index >= 15 is 0 Å². The van der Waals surface area contributed by atoms with Crippen LogP contribution < -0.4 is 10.6 Å². The monoisotopic (exact) mass is 248 g/mol. The highest BCUT2D eigenvalue weighted by Gasteiger charge is 2.20. The van der Waals surface area contributed by atoms with Crippen molar-refractivity contribution < 1.29 is 0 Å². The van der Waals surface area contributed by atoms with Crippen LogP contribution in [0.25, 0.3) is 0 Å². The van der Waals surface area contributed by atoms with Crippen LogP contribution in [-0.2, 0) is 0 Å². The van der Waals surface area contributed by atoms with E-state index < -0.39 is 0 Å². The number of hydrogen-bond acceptors (Lipinski definition) is 4. The van der Waals surface area contributed by atoms with E-state index in [1.54, 1.807) is 0 Å². The zero-order chi connectivity index (χ0) is 13.1. The molecule has 4 heteroatoms. The molecule has 18 heavy (non-hydrogen) atoms. The van der Waals surface area contributed by atoms with Crippen molar-refractivity contribution in [3.63, 3.8) is 0 Å². The number of aryl methyl sites for hydroxylation is 1. The summed E-state index contributed by atoms with van der Waals surface area (Å²) in [4.78, 5) is 11.4. The van der Waals surface area contributed by atoms with Crippen LogP contribution in [0.4, 0.5) is 5.82 Å². The van der Waals surface area contributed by atoms with Gasteiger partial charge in [0.15, 0.2) is 0 Å². The quantitative estimate of drug-likeness (QED) is 0.890. The van der Waals surface area contributed by atoms with Crippen LogP contribution in [0.15, 0.2) is 6.07 Å². The third-order valence-corrected chi connectivity index (χ3v) is 3.71. The van der Waals surface area contributed by atoms with Crippen LogP contribution in [0.3, 0.4) is 0 Å². The fraction of sp³-hybridized carbons (Fsp3) is 0.714. The van der Waals surface area contributed by atoms with Gasteiger partial charge in [-0.25, -0.2) is 9.97 Å². The average Bonchev–Trinajstić information content (AvgIpc) is 2.38.